The van der Waals surface area contributed by atoms with Crippen molar-refractivity contribution in [1.29, 1.82) is 0 Å². The maximum Gasteiger partial charge on any atom is 0.320 e. The molecule has 0 aliphatic rings. The number of carbonyl (C=O) groups is 1. The fraction of sp³-hybridized carbons (Fsp3) is 0.250. The lowest BCUT2D eigenvalue weighted by Crippen LogP contribution is -2.32. The fourth-order valence-electron chi connectivity index (χ4n) is 1.19. The smallest absolute Gasteiger partial charge is 0.320 e. The van der Waals surface area contributed by atoms with Crippen molar-refractivity contribution in [2.24, 2.45) is 5.73 Å². The molecule has 0 aliphatic carbocycles. The number of hydrogen-bond acceptors (Lipinski definition) is 3. The summed E-state index contributed by atoms with van der Waals surface area (Å²) in [5.41, 5.74) is 6.26. The third-order valence-electron chi connectivity index (χ3n) is 2.02. The molecule has 1 atom stereocenters. The normalized spacial score (nSPS) is 10.8. The molecule has 1 aromatic carbocycles. The Bertz CT molecular complexity index is 397. The number of nitrogens with two attached hydrogens (primary N) is 1. The number of halogens is 1. The van der Waals surface area contributed by atoms with Gasteiger partial charge in [0.05, 0.1) is 0 Å². The molecule has 0 heterocycles. The van der Waals surface area contributed by atoms with Crippen LogP contribution in [0.4, 0.5) is 0 Å². The van der Waals surface area contributed by atoms with Crippen LogP contribution in [0.25, 0.3) is 0 Å². The first kappa shape index (κ1) is 15.3. The number of terminal acetylenes is 1. The van der Waals surface area contributed by atoms with E-state index in [9.17, 15) is 4.79 Å². The van der Waals surface area contributed by atoms with Crippen LogP contribution in [0, 0.1) is 12.3 Å². The minimum atomic E-state index is -1.01. The van der Waals surface area contributed by atoms with Gasteiger partial charge in [-0.05, 0) is 24.1 Å². The molecule has 0 radical (unpaired) electrons. The molecule has 92 valence electrons. The predicted octanol–water partition coefficient (Wildman–Crippen LogP) is 1.07. The van der Waals surface area contributed by atoms with Gasteiger partial charge in [0, 0.05) is 0 Å². The van der Waals surface area contributed by atoms with Gasteiger partial charge in [0.15, 0.2) is 0 Å². The monoisotopic (exact) mass is 255 g/mol. The van der Waals surface area contributed by atoms with Gasteiger partial charge in [0.25, 0.3) is 0 Å². The Labute approximate surface area is 106 Å². The average Bonchev–Trinajstić information content (AvgIpc) is 2.28. The van der Waals surface area contributed by atoms with Crippen molar-refractivity contribution >= 4 is 18.4 Å². The molecule has 0 aliphatic heterocycles. The highest BCUT2D eigenvalue weighted by Gasteiger charge is 2.11. The van der Waals surface area contributed by atoms with Crippen molar-refractivity contribution in [1.82, 2.24) is 0 Å². The Morgan fingerprint density at radius 1 is 1.47 bits per heavy atom. The van der Waals surface area contributed by atoms with E-state index < -0.39 is 12.0 Å². The Hall–Kier alpha value is -1.70. The number of carboxylic acids is 1. The molecule has 0 saturated carbocycles. The molecule has 17 heavy (non-hydrogen) atoms. The van der Waals surface area contributed by atoms with Gasteiger partial charge in [0.1, 0.15) is 18.4 Å². The molecule has 0 aromatic heterocycles. The van der Waals surface area contributed by atoms with Crippen molar-refractivity contribution < 1.29 is 14.6 Å². The molecule has 0 saturated heterocycles. The summed E-state index contributed by atoms with van der Waals surface area (Å²) >= 11 is 0. The van der Waals surface area contributed by atoms with Gasteiger partial charge < -0.3 is 15.6 Å². The van der Waals surface area contributed by atoms with Crippen LogP contribution in [0.5, 0.6) is 5.75 Å². The van der Waals surface area contributed by atoms with Gasteiger partial charge in [-0.2, -0.15) is 0 Å². The van der Waals surface area contributed by atoms with E-state index in [1.807, 2.05) is 0 Å². The first-order chi connectivity index (χ1) is 7.63. The molecule has 1 rings (SSSR count). The zero-order valence-corrected chi connectivity index (χ0v) is 9.94. The SMILES string of the molecule is C#CCOc1ccc(CC(N)C(=O)O)cc1.Cl. The van der Waals surface area contributed by atoms with E-state index >= 15 is 0 Å². The number of aliphatic carboxylic acids is 1. The Morgan fingerprint density at radius 3 is 2.53 bits per heavy atom. The van der Waals surface area contributed by atoms with Crippen LogP contribution in [0.3, 0.4) is 0 Å². The van der Waals surface area contributed by atoms with Crippen molar-refractivity contribution in [2.45, 2.75) is 12.5 Å². The van der Waals surface area contributed by atoms with E-state index in [-0.39, 0.29) is 19.0 Å². The summed E-state index contributed by atoms with van der Waals surface area (Å²) in [5.74, 6) is 2.01. The highest BCUT2D eigenvalue weighted by molar-refractivity contribution is 5.85. The minimum Gasteiger partial charge on any atom is -0.481 e. The number of carboxylic acid groups (broad SMARTS) is 1. The van der Waals surface area contributed by atoms with Gasteiger partial charge in [-0.1, -0.05) is 18.1 Å². The minimum absolute atomic E-state index is 0. The molecule has 3 N–H and O–H groups in total. The molecule has 1 aromatic rings. The van der Waals surface area contributed by atoms with Gasteiger partial charge >= 0.3 is 5.97 Å². The molecular formula is C12H14ClNO3. The molecule has 0 fully saturated rings. The van der Waals surface area contributed by atoms with Crippen LogP contribution in [0.2, 0.25) is 0 Å². The zero-order valence-electron chi connectivity index (χ0n) is 9.13. The maximum atomic E-state index is 10.5. The zero-order chi connectivity index (χ0) is 12.0. The first-order valence-corrected chi connectivity index (χ1v) is 4.77. The molecular weight excluding hydrogens is 242 g/mol. The van der Waals surface area contributed by atoms with Gasteiger partial charge in [-0.25, -0.2) is 0 Å². The summed E-state index contributed by atoms with van der Waals surface area (Å²) in [7, 11) is 0. The Kier molecular flexibility index (Phi) is 6.80. The quantitative estimate of drug-likeness (QED) is 0.772. The van der Waals surface area contributed by atoms with E-state index in [4.69, 9.17) is 22.0 Å². The number of hydrogen-bond donors (Lipinski definition) is 2. The van der Waals surface area contributed by atoms with Crippen molar-refractivity contribution in [3.63, 3.8) is 0 Å². The van der Waals surface area contributed by atoms with E-state index in [0.717, 1.165) is 5.56 Å². The molecule has 0 amide bonds. The van der Waals surface area contributed by atoms with Gasteiger partial charge in [0.2, 0.25) is 0 Å². The lowest BCUT2D eigenvalue weighted by Gasteiger charge is -2.07. The highest BCUT2D eigenvalue weighted by atomic mass is 35.5. The predicted molar refractivity (Wildman–Crippen MR) is 67.3 cm³/mol. The third kappa shape index (κ3) is 5.25. The molecule has 0 spiro atoms. The topological polar surface area (TPSA) is 72.5 Å². The number of rotatable bonds is 5. The van der Waals surface area contributed by atoms with Crippen LogP contribution in [0.15, 0.2) is 24.3 Å². The Balaban J connectivity index is 0.00000256. The van der Waals surface area contributed by atoms with Crippen LogP contribution in [-0.4, -0.2) is 23.7 Å². The van der Waals surface area contributed by atoms with Crippen molar-refractivity contribution in [2.75, 3.05) is 6.61 Å². The second-order valence-electron chi connectivity index (χ2n) is 3.29. The third-order valence-corrected chi connectivity index (χ3v) is 2.02. The van der Waals surface area contributed by atoms with Crippen molar-refractivity contribution in [3.8, 4) is 18.1 Å². The maximum absolute atomic E-state index is 10.5. The van der Waals surface area contributed by atoms with E-state index in [2.05, 4.69) is 5.92 Å². The lowest BCUT2D eigenvalue weighted by atomic mass is 10.1. The summed E-state index contributed by atoms with van der Waals surface area (Å²) in [4.78, 5) is 10.5. The lowest BCUT2D eigenvalue weighted by molar-refractivity contribution is -0.138. The van der Waals surface area contributed by atoms with Crippen LogP contribution >= 0.6 is 12.4 Å². The van der Waals surface area contributed by atoms with E-state index in [1.165, 1.54) is 0 Å². The second kappa shape index (κ2) is 7.55. The van der Waals surface area contributed by atoms with Crippen molar-refractivity contribution in [3.05, 3.63) is 29.8 Å². The van der Waals surface area contributed by atoms with Crippen LogP contribution in [-0.2, 0) is 11.2 Å². The average molecular weight is 256 g/mol. The summed E-state index contributed by atoms with van der Waals surface area (Å²) in [6.45, 7) is 0.216. The molecule has 1 unspecified atom stereocenters. The summed E-state index contributed by atoms with van der Waals surface area (Å²) in [6, 6.07) is 6.14. The second-order valence-corrected chi connectivity index (χ2v) is 3.29. The van der Waals surface area contributed by atoms with E-state index in [0.29, 0.717) is 12.2 Å². The largest absolute Gasteiger partial charge is 0.481 e. The number of benzene rings is 1. The van der Waals surface area contributed by atoms with Gasteiger partial charge in [-0.15, -0.1) is 18.8 Å². The van der Waals surface area contributed by atoms with Crippen LogP contribution < -0.4 is 10.5 Å². The highest BCUT2D eigenvalue weighted by Crippen LogP contribution is 2.13. The van der Waals surface area contributed by atoms with E-state index in [1.54, 1.807) is 24.3 Å². The number of ether oxygens (including phenoxy) is 1. The molecule has 5 heteroatoms. The summed E-state index contributed by atoms with van der Waals surface area (Å²) in [6.07, 6.45) is 5.35. The van der Waals surface area contributed by atoms with Crippen LogP contribution in [0.1, 0.15) is 5.56 Å². The molecule has 0 bridgehead atoms. The molecule has 4 nitrogen and oxygen atoms in total. The standard InChI is InChI=1S/C12H13NO3.ClH/c1-2-7-16-10-5-3-9(4-6-10)8-11(13)12(14)15;/h1,3-6,11H,7-8,13H2,(H,14,15);1H. The van der Waals surface area contributed by atoms with Gasteiger partial charge in [-0.3, -0.25) is 4.79 Å². The summed E-state index contributed by atoms with van der Waals surface area (Å²) in [5, 5.41) is 8.64. The fourth-order valence-corrected chi connectivity index (χ4v) is 1.19. The first-order valence-electron chi connectivity index (χ1n) is 4.77. The Morgan fingerprint density at radius 2 is 2.06 bits per heavy atom. The summed E-state index contributed by atoms with van der Waals surface area (Å²) < 4.78 is 5.18.